The van der Waals surface area contributed by atoms with E-state index in [4.69, 9.17) is 4.42 Å². The van der Waals surface area contributed by atoms with Crippen LogP contribution in [0.4, 0.5) is 0 Å². The Balaban J connectivity index is 1.87. The smallest absolute Gasteiger partial charge is 0.118 e. The molecule has 1 saturated heterocycles. The zero-order valence-corrected chi connectivity index (χ0v) is 11.7. The van der Waals surface area contributed by atoms with Gasteiger partial charge < -0.3 is 9.73 Å². The van der Waals surface area contributed by atoms with Gasteiger partial charge >= 0.3 is 0 Å². The van der Waals surface area contributed by atoms with E-state index in [2.05, 4.69) is 36.2 Å². The first-order valence-electron chi connectivity index (χ1n) is 7.35. The van der Waals surface area contributed by atoms with Gasteiger partial charge in [-0.25, -0.2) is 0 Å². The maximum Gasteiger partial charge on any atom is 0.118 e. The van der Waals surface area contributed by atoms with Crippen LogP contribution in [0.2, 0.25) is 0 Å². The molecule has 18 heavy (non-hydrogen) atoms. The third kappa shape index (κ3) is 3.85. The Kier molecular flexibility index (Phi) is 5.26. The number of nitrogens with zero attached hydrogens (tertiary/aromatic N) is 1. The van der Waals surface area contributed by atoms with Crippen LogP contribution in [-0.2, 0) is 13.0 Å². The highest BCUT2D eigenvalue weighted by atomic mass is 16.3. The zero-order chi connectivity index (χ0) is 12.8. The maximum absolute atomic E-state index is 5.81. The fourth-order valence-corrected chi connectivity index (χ4v) is 2.69. The molecule has 0 spiro atoms. The van der Waals surface area contributed by atoms with Crippen LogP contribution in [0.1, 0.15) is 44.6 Å². The zero-order valence-electron chi connectivity index (χ0n) is 11.7. The fourth-order valence-electron chi connectivity index (χ4n) is 2.69. The molecule has 0 aromatic carbocycles. The molecule has 2 heterocycles. The van der Waals surface area contributed by atoms with E-state index in [0.29, 0.717) is 6.04 Å². The Morgan fingerprint density at radius 1 is 1.33 bits per heavy atom. The first-order valence-corrected chi connectivity index (χ1v) is 7.35. The van der Waals surface area contributed by atoms with E-state index in [1.165, 1.54) is 25.8 Å². The molecule has 1 atom stereocenters. The Bertz CT molecular complexity index is 342. The van der Waals surface area contributed by atoms with Crippen LogP contribution >= 0.6 is 0 Å². The summed E-state index contributed by atoms with van der Waals surface area (Å²) in [7, 11) is 0. The molecule has 3 nitrogen and oxygen atoms in total. The number of rotatable bonds is 7. The molecule has 1 N–H and O–H groups in total. The quantitative estimate of drug-likeness (QED) is 0.806. The van der Waals surface area contributed by atoms with Gasteiger partial charge in [-0.1, -0.05) is 13.8 Å². The van der Waals surface area contributed by atoms with Gasteiger partial charge in [0.1, 0.15) is 11.5 Å². The molecule has 2 rings (SSSR count). The van der Waals surface area contributed by atoms with E-state index < -0.39 is 0 Å². The lowest BCUT2D eigenvalue weighted by Gasteiger charge is -2.24. The molecule has 102 valence electrons. The van der Waals surface area contributed by atoms with Crippen molar-refractivity contribution in [3.05, 3.63) is 23.7 Å². The summed E-state index contributed by atoms with van der Waals surface area (Å²) in [6.45, 7) is 8.82. The van der Waals surface area contributed by atoms with Gasteiger partial charge in [0.05, 0.1) is 6.54 Å². The molecular weight excluding hydrogens is 224 g/mol. The first-order chi connectivity index (χ1) is 8.81. The van der Waals surface area contributed by atoms with Crippen molar-refractivity contribution in [3.63, 3.8) is 0 Å². The van der Waals surface area contributed by atoms with Crippen molar-refractivity contribution in [1.29, 1.82) is 0 Å². The molecule has 0 saturated carbocycles. The van der Waals surface area contributed by atoms with E-state index in [1.807, 2.05) is 0 Å². The lowest BCUT2D eigenvalue weighted by molar-refractivity contribution is 0.222. The van der Waals surface area contributed by atoms with Crippen LogP contribution in [0.3, 0.4) is 0 Å². The van der Waals surface area contributed by atoms with Gasteiger partial charge in [-0.15, -0.1) is 0 Å². The van der Waals surface area contributed by atoms with Crippen LogP contribution in [-0.4, -0.2) is 30.6 Å². The Morgan fingerprint density at radius 3 is 2.78 bits per heavy atom. The minimum atomic E-state index is 0.678. The maximum atomic E-state index is 5.81. The second-order valence-electron chi connectivity index (χ2n) is 5.25. The molecule has 1 unspecified atom stereocenters. The second-order valence-corrected chi connectivity index (χ2v) is 5.25. The molecule has 1 aromatic heterocycles. The Labute approximate surface area is 111 Å². The van der Waals surface area contributed by atoms with Crippen molar-refractivity contribution in [2.45, 2.75) is 52.1 Å². The fraction of sp³-hybridized carbons (Fsp3) is 0.733. The van der Waals surface area contributed by atoms with Gasteiger partial charge in [-0.05, 0) is 44.5 Å². The van der Waals surface area contributed by atoms with E-state index in [9.17, 15) is 0 Å². The van der Waals surface area contributed by atoms with E-state index in [1.54, 1.807) is 0 Å². The number of hydrogen-bond donors (Lipinski definition) is 1. The van der Waals surface area contributed by atoms with Gasteiger partial charge in [-0.2, -0.15) is 0 Å². The monoisotopic (exact) mass is 250 g/mol. The molecule has 0 aliphatic carbocycles. The minimum Gasteiger partial charge on any atom is -0.465 e. The number of nitrogens with one attached hydrogen (secondary N) is 1. The summed E-state index contributed by atoms with van der Waals surface area (Å²) in [5.74, 6) is 2.21. The van der Waals surface area contributed by atoms with E-state index >= 15 is 0 Å². The van der Waals surface area contributed by atoms with Crippen LogP contribution in [0, 0.1) is 0 Å². The summed E-state index contributed by atoms with van der Waals surface area (Å²) < 4.78 is 5.81. The molecule has 0 amide bonds. The van der Waals surface area contributed by atoms with Crippen molar-refractivity contribution >= 4 is 0 Å². The van der Waals surface area contributed by atoms with Crippen LogP contribution in [0.25, 0.3) is 0 Å². The highest BCUT2D eigenvalue weighted by molar-refractivity contribution is 5.07. The topological polar surface area (TPSA) is 28.4 Å². The molecule has 1 aliphatic rings. The van der Waals surface area contributed by atoms with E-state index in [-0.39, 0.29) is 0 Å². The normalized spacial score (nSPS) is 19.8. The summed E-state index contributed by atoms with van der Waals surface area (Å²) in [5, 5.41) is 3.58. The highest BCUT2D eigenvalue weighted by Gasteiger charge is 2.18. The summed E-state index contributed by atoms with van der Waals surface area (Å²) in [4.78, 5) is 2.52. The highest BCUT2D eigenvalue weighted by Crippen LogP contribution is 2.14. The summed E-state index contributed by atoms with van der Waals surface area (Å²) >= 11 is 0. The molecular formula is C15H26N2O. The molecule has 1 aliphatic heterocycles. The average Bonchev–Trinajstić information content (AvgIpc) is 3.00. The van der Waals surface area contributed by atoms with Crippen molar-refractivity contribution in [2.75, 3.05) is 19.6 Å². The lowest BCUT2D eigenvalue weighted by Crippen LogP contribution is -2.37. The number of furan rings is 1. The van der Waals surface area contributed by atoms with Gasteiger partial charge in [0.25, 0.3) is 0 Å². The van der Waals surface area contributed by atoms with Crippen LogP contribution in [0.5, 0.6) is 0 Å². The van der Waals surface area contributed by atoms with Crippen LogP contribution < -0.4 is 5.32 Å². The molecule has 1 aromatic rings. The second kappa shape index (κ2) is 6.95. The van der Waals surface area contributed by atoms with Gasteiger partial charge in [0, 0.05) is 19.0 Å². The summed E-state index contributed by atoms with van der Waals surface area (Å²) in [6.07, 6.45) is 4.83. The van der Waals surface area contributed by atoms with Crippen molar-refractivity contribution < 1.29 is 4.42 Å². The lowest BCUT2D eigenvalue weighted by atomic mass is 10.2. The molecule has 3 heteroatoms. The molecule has 1 fully saturated rings. The first kappa shape index (κ1) is 13.6. The van der Waals surface area contributed by atoms with Gasteiger partial charge in [-0.3, -0.25) is 4.90 Å². The molecule has 0 radical (unpaired) electrons. The van der Waals surface area contributed by atoms with Gasteiger partial charge in [0.15, 0.2) is 0 Å². The van der Waals surface area contributed by atoms with Crippen molar-refractivity contribution in [3.8, 4) is 0 Å². The summed E-state index contributed by atoms with van der Waals surface area (Å²) in [6, 6.07) is 4.91. The Morgan fingerprint density at radius 2 is 2.17 bits per heavy atom. The van der Waals surface area contributed by atoms with Crippen molar-refractivity contribution in [1.82, 2.24) is 10.2 Å². The molecule has 0 bridgehead atoms. The Hall–Kier alpha value is -0.800. The number of hydrogen-bond acceptors (Lipinski definition) is 3. The van der Waals surface area contributed by atoms with E-state index in [0.717, 1.165) is 37.6 Å². The number of aryl methyl sites for hydroxylation is 1. The standard InChI is InChI=1S/C15H26N2O/c1-3-10-17(11-13-6-5-9-16-13)12-15-8-7-14(4-2)18-15/h7-8,13,16H,3-6,9-12H2,1-2H3. The third-order valence-corrected chi connectivity index (χ3v) is 3.63. The van der Waals surface area contributed by atoms with Crippen LogP contribution in [0.15, 0.2) is 16.5 Å². The predicted molar refractivity (Wildman–Crippen MR) is 74.7 cm³/mol. The third-order valence-electron chi connectivity index (χ3n) is 3.63. The predicted octanol–water partition coefficient (Wildman–Crippen LogP) is 2.81. The SMILES string of the molecule is CCCN(Cc1ccc(CC)o1)CC1CCCN1. The summed E-state index contributed by atoms with van der Waals surface area (Å²) in [5.41, 5.74) is 0. The minimum absolute atomic E-state index is 0.678. The largest absolute Gasteiger partial charge is 0.465 e. The average molecular weight is 250 g/mol. The van der Waals surface area contributed by atoms with Gasteiger partial charge in [0.2, 0.25) is 0 Å². The van der Waals surface area contributed by atoms with Crippen molar-refractivity contribution in [2.24, 2.45) is 0 Å².